The number of carbonyl (C=O) groups is 1. The molecule has 1 saturated carbocycles. The molecule has 190 valence electrons. The second-order valence-corrected chi connectivity index (χ2v) is 10.4. The van der Waals surface area contributed by atoms with E-state index in [1.54, 1.807) is 6.07 Å². The Morgan fingerprint density at radius 1 is 1.14 bits per heavy atom. The number of nitrogens with zero attached hydrogens (tertiary/aromatic N) is 1. The lowest BCUT2D eigenvalue weighted by atomic mass is 9.82. The summed E-state index contributed by atoms with van der Waals surface area (Å²) in [5.74, 6) is -3.93. The molecule has 0 amide bonds. The minimum absolute atomic E-state index is 0.0422. The smallest absolute Gasteiger partial charge is 0.386 e. The molecule has 2 fully saturated rings. The average Bonchev–Trinajstić information content (AvgIpc) is 3.25. The molecule has 0 radical (unpaired) electrons. The number of rotatable bonds is 4. The fraction of sp³-hybridized carbons (Fsp3) is 0.417. The van der Waals surface area contributed by atoms with Gasteiger partial charge in [-0.15, -0.1) is 0 Å². The van der Waals surface area contributed by atoms with Gasteiger partial charge in [-0.05, 0) is 42.2 Å². The molecule has 3 aliphatic heterocycles. The van der Waals surface area contributed by atoms with Gasteiger partial charge in [0.15, 0.2) is 11.9 Å². The first kappa shape index (κ1) is 24.1. The van der Waals surface area contributed by atoms with Crippen molar-refractivity contribution < 1.29 is 37.0 Å². The standard InChI is InChI=1S/C24H18Cl2F4N2O4/c25-11-6-13(17(27)15(26)7-11)19-16(24(28,29)30)18(32-36-19)10-1-2-14-12(5-10)20(21(33)22(34)3-4-22)35-23(14)8-31-9-23/h1-2,5-7,16,19-20,31,34H,3-4,8-9H2. The third-order valence-electron chi connectivity index (χ3n) is 7.25. The van der Waals surface area contributed by atoms with E-state index in [1.165, 1.54) is 12.1 Å². The van der Waals surface area contributed by atoms with E-state index in [2.05, 4.69) is 10.5 Å². The molecule has 2 aromatic rings. The zero-order valence-corrected chi connectivity index (χ0v) is 19.8. The Kier molecular flexibility index (Phi) is 5.28. The Balaban J connectivity index is 1.41. The Hall–Kier alpha value is -2.24. The molecule has 6 nitrogen and oxygen atoms in total. The van der Waals surface area contributed by atoms with Gasteiger partial charge in [-0.1, -0.05) is 40.5 Å². The van der Waals surface area contributed by atoms with Crippen LogP contribution in [0.25, 0.3) is 0 Å². The Bertz CT molecular complexity index is 1320. The highest BCUT2D eigenvalue weighted by Gasteiger charge is 2.59. The van der Waals surface area contributed by atoms with E-state index in [4.69, 9.17) is 32.8 Å². The molecule has 3 heterocycles. The van der Waals surface area contributed by atoms with E-state index in [-0.39, 0.29) is 10.6 Å². The maximum absolute atomic E-state index is 14.7. The van der Waals surface area contributed by atoms with Crippen LogP contribution < -0.4 is 5.32 Å². The maximum atomic E-state index is 14.7. The second kappa shape index (κ2) is 7.88. The molecular formula is C24H18Cl2F4N2O4. The third-order valence-corrected chi connectivity index (χ3v) is 7.74. The maximum Gasteiger partial charge on any atom is 0.401 e. The summed E-state index contributed by atoms with van der Waals surface area (Å²) in [5, 5.41) is 16.7. The Morgan fingerprint density at radius 3 is 2.47 bits per heavy atom. The van der Waals surface area contributed by atoms with Crippen molar-refractivity contribution in [1.82, 2.24) is 5.32 Å². The van der Waals surface area contributed by atoms with E-state index < -0.39 is 63.4 Å². The zero-order valence-electron chi connectivity index (χ0n) is 18.3. The number of alkyl halides is 3. The molecule has 3 unspecified atom stereocenters. The average molecular weight is 545 g/mol. The fourth-order valence-corrected chi connectivity index (χ4v) is 5.60. The van der Waals surface area contributed by atoms with Gasteiger partial charge in [-0.25, -0.2) is 4.39 Å². The number of benzene rings is 2. The fourth-order valence-electron chi connectivity index (χ4n) is 5.09. The molecule has 3 atom stereocenters. The van der Waals surface area contributed by atoms with Crippen LogP contribution >= 0.6 is 23.2 Å². The zero-order chi connectivity index (χ0) is 25.6. The van der Waals surface area contributed by atoms with Crippen molar-refractivity contribution in [2.45, 2.75) is 42.4 Å². The number of carbonyl (C=O) groups excluding carboxylic acids is 1. The lowest BCUT2D eigenvalue weighted by molar-refractivity contribution is -0.178. The lowest BCUT2D eigenvalue weighted by Crippen LogP contribution is -2.57. The topological polar surface area (TPSA) is 80.2 Å². The highest BCUT2D eigenvalue weighted by Crippen LogP contribution is 2.52. The van der Waals surface area contributed by atoms with Crippen LogP contribution in [0.3, 0.4) is 0 Å². The second-order valence-electron chi connectivity index (χ2n) is 9.61. The predicted octanol–water partition coefficient (Wildman–Crippen LogP) is 4.75. The van der Waals surface area contributed by atoms with E-state index >= 15 is 0 Å². The third kappa shape index (κ3) is 3.57. The Morgan fingerprint density at radius 2 is 1.86 bits per heavy atom. The van der Waals surface area contributed by atoms with Crippen LogP contribution in [0.2, 0.25) is 10.0 Å². The molecule has 1 saturated heterocycles. The van der Waals surface area contributed by atoms with E-state index in [9.17, 15) is 27.5 Å². The molecule has 36 heavy (non-hydrogen) atoms. The minimum atomic E-state index is -4.87. The van der Waals surface area contributed by atoms with Crippen LogP contribution in [0, 0.1) is 11.7 Å². The SMILES string of the molecule is O=C(C1OC2(CNC2)c2ccc(C3=NOC(c4cc(Cl)cc(Cl)c4F)C3C(F)(F)F)cc21)C1(O)CC1. The minimum Gasteiger partial charge on any atom is -0.386 e. The number of aliphatic hydroxyl groups is 1. The number of Topliss-reactive ketones (excluding diaryl/α,β-unsaturated/α-hetero) is 1. The molecule has 12 heteroatoms. The Labute approximate surface area is 212 Å². The number of hydrogen-bond acceptors (Lipinski definition) is 6. The first-order valence-corrected chi connectivity index (χ1v) is 11.9. The molecule has 6 rings (SSSR count). The van der Waals surface area contributed by atoms with Crippen molar-refractivity contribution in [3.63, 3.8) is 0 Å². The van der Waals surface area contributed by atoms with E-state index in [0.717, 1.165) is 12.1 Å². The first-order chi connectivity index (χ1) is 16.9. The largest absolute Gasteiger partial charge is 0.401 e. The molecule has 4 aliphatic rings. The number of nitrogens with one attached hydrogen (secondary N) is 1. The van der Waals surface area contributed by atoms with Crippen LogP contribution in [0.5, 0.6) is 0 Å². The van der Waals surface area contributed by atoms with Crippen LogP contribution in [0.4, 0.5) is 17.6 Å². The number of ether oxygens (including phenoxy) is 1. The summed E-state index contributed by atoms with van der Waals surface area (Å²) >= 11 is 11.7. The van der Waals surface area contributed by atoms with Gasteiger partial charge >= 0.3 is 6.18 Å². The summed E-state index contributed by atoms with van der Waals surface area (Å²) < 4.78 is 63.8. The summed E-state index contributed by atoms with van der Waals surface area (Å²) in [4.78, 5) is 18.1. The van der Waals surface area contributed by atoms with Gasteiger partial charge in [0, 0.05) is 29.2 Å². The normalized spacial score (nSPS) is 27.3. The molecule has 2 aromatic carbocycles. The van der Waals surface area contributed by atoms with Gasteiger partial charge in [0.2, 0.25) is 0 Å². The van der Waals surface area contributed by atoms with Crippen molar-refractivity contribution in [3.05, 3.63) is 68.4 Å². The van der Waals surface area contributed by atoms with Crippen molar-refractivity contribution in [3.8, 4) is 0 Å². The summed E-state index contributed by atoms with van der Waals surface area (Å²) in [6.07, 6.45) is -7.24. The summed E-state index contributed by atoms with van der Waals surface area (Å²) in [6, 6.07) is 6.58. The highest BCUT2D eigenvalue weighted by atomic mass is 35.5. The van der Waals surface area contributed by atoms with Gasteiger partial charge in [0.1, 0.15) is 34.8 Å². The molecule has 0 bridgehead atoms. The summed E-state index contributed by atoms with van der Waals surface area (Å²) in [7, 11) is 0. The van der Waals surface area contributed by atoms with Gasteiger partial charge in [0.05, 0.1) is 5.02 Å². The number of halogens is 6. The van der Waals surface area contributed by atoms with Gasteiger partial charge in [-0.2, -0.15) is 13.2 Å². The molecular weight excluding hydrogens is 527 g/mol. The quantitative estimate of drug-likeness (QED) is 0.429. The van der Waals surface area contributed by atoms with Crippen LogP contribution in [-0.4, -0.2) is 41.5 Å². The summed E-state index contributed by atoms with van der Waals surface area (Å²) in [6.45, 7) is 0.849. The van der Waals surface area contributed by atoms with Crippen LogP contribution in [0.15, 0.2) is 35.5 Å². The first-order valence-electron chi connectivity index (χ1n) is 11.2. The van der Waals surface area contributed by atoms with Gasteiger partial charge in [0.25, 0.3) is 0 Å². The number of ketones is 1. The molecule has 1 spiro atoms. The molecule has 2 N–H and O–H groups in total. The van der Waals surface area contributed by atoms with Crippen molar-refractivity contribution >= 4 is 34.7 Å². The highest BCUT2D eigenvalue weighted by molar-refractivity contribution is 6.34. The number of hydrogen-bond donors (Lipinski definition) is 2. The van der Waals surface area contributed by atoms with Gasteiger partial charge < -0.3 is 20.0 Å². The van der Waals surface area contributed by atoms with E-state index in [1.807, 2.05) is 0 Å². The van der Waals surface area contributed by atoms with Crippen molar-refractivity contribution in [2.24, 2.45) is 11.1 Å². The van der Waals surface area contributed by atoms with Crippen LogP contribution in [-0.2, 0) is 20.0 Å². The number of oxime groups is 1. The van der Waals surface area contributed by atoms with Crippen LogP contribution in [0.1, 0.15) is 47.3 Å². The van der Waals surface area contributed by atoms with Crippen molar-refractivity contribution in [2.75, 3.05) is 13.1 Å². The monoisotopic (exact) mass is 544 g/mol. The lowest BCUT2D eigenvalue weighted by Gasteiger charge is -2.39. The summed E-state index contributed by atoms with van der Waals surface area (Å²) in [5.41, 5.74) is -2.14. The predicted molar refractivity (Wildman–Crippen MR) is 120 cm³/mol. The number of fused-ring (bicyclic) bond motifs is 2. The van der Waals surface area contributed by atoms with Crippen molar-refractivity contribution in [1.29, 1.82) is 0 Å². The van der Waals surface area contributed by atoms with E-state index in [0.29, 0.717) is 37.1 Å². The molecule has 0 aromatic heterocycles. The molecule has 1 aliphatic carbocycles. The van der Waals surface area contributed by atoms with Gasteiger partial charge in [-0.3, -0.25) is 4.79 Å².